The van der Waals surface area contributed by atoms with Gasteiger partial charge in [0, 0.05) is 33.4 Å². The zero-order valence-corrected chi connectivity index (χ0v) is 21.4. The molecule has 182 valence electrons. The number of hydrogen-bond acceptors (Lipinski definition) is 3. The second-order valence-corrected chi connectivity index (χ2v) is 10.6. The number of rotatable bonds is 3. The van der Waals surface area contributed by atoms with Crippen molar-refractivity contribution >= 4 is 45.6 Å². The van der Waals surface area contributed by atoms with Gasteiger partial charge in [-0.15, -0.1) is 0 Å². The molecule has 1 aliphatic heterocycles. The number of aliphatic hydroxyl groups is 1. The molecule has 6 heteroatoms. The fourth-order valence-electron chi connectivity index (χ4n) is 4.72. The van der Waals surface area contributed by atoms with E-state index in [0.29, 0.717) is 16.3 Å². The van der Waals surface area contributed by atoms with Crippen LogP contribution in [0.5, 0.6) is 0 Å². The first-order valence-electron chi connectivity index (χ1n) is 11.8. The van der Waals surface area contributed by atoms with Gasteiger partial charge in [0.1, 0.15) is 5.76 Å². The van der Waals surface area contributed by atoms with E-state index < -0.39 is 17.7 Å². The number of aryl methyl sites for hydroxylation is 1. The van der Waals surface area contributed by atoms with Crippen molar-refractivity contribution in [3.63, 3.8) is 0 Å². The van der Waals surface area contributed by atoms with Crippen LogP contribution in [0.1, 0.15) is 49.1 Å². The quantitative estimate of drug-likeness (QED) is 0.180. The first-order chi connectivity index (χ1) is 17.1. The Bertz CT molecular complexity index is 1540. The zero-order valence-electron chi connectivity index (χ0n) is 20.6. The molecule has 5 rings (SSSR count). The van der Waals surface area contributed by atoms with Gasteiger partial charge in [0.2, 0.25) is 0 Å². The normalized spacial score (nSPS) is 17.8. The third-order valence-corrected chi connectivity index (χ3v) is 7.22. The minimum absolute atomic E-state index is 0.0463. The predicted octanol–water partition coefficient (Wildman–Crippen LogP) is 7.05. The molecule has 3 aromatic carbocycles. The molecule has 1 aliphatic rings. The molecule has 1 aromatic heterocycles. The largest absolute Gasteiger partial charge is 0.507 e. The van der Waals surface area contributed by atoms with Crippen molar-refractivity contribution in [2.45, 2.75) is 39.2 Å². The minimum atomic E-state index is -0.813. The summed E-state index contributed by atoms with van der Waals surface area (Å²) in [6.45, 7) is 8.25. The van der Waals surface area contributed by atoms with E-state index in [9.17, 15) is 14.7 Å². The first-order valence-corrected chi connectivity index (χ1v) is 12.2. The van der Waals surface area contributed by atoms with Gasteiger partial charge < -0.3 is 10.1 Å². The maximum absolute atomic E-state index is 13.5. The molecule has 0 saturated carbocycles. The van der Waals surface area contributed by atoms with Gasteiger partial charge in [0.25, 0.3) is 11.7 Å². The Kier molecular flexibility index (Phi) is 5.76. The first kappa shape index (κ1) is 23.9. The number of hydrogen-bond donors (Lipinski definition) is 2. The van der Waals surface area contributed by atoms with E-state index in [1.807, 2.05) is 61.5 Å². The summed E-state index contributed by atoms with van der Waals surface area (Å²) in [4.78, 5) is 31.5. The number of anilines is 1. The lowest BCUT2D eigenvalue weighted by molar-refractivity contribution is -0.132. The van der Waals surface area contributed by atoms with Crippen molar-refractivity contribution in [1.82, 2.24) is 4.98 Å². The fraction of sp³-hybridized carbons (Fsp3) is 0.200. The molecule has 1 saturated heterocycles. The van der Waals surface area contributed by atoms with Crippen molar-refractivity contribution in [1.29, 1.82) is 0 Å². The van der Waals surface area contributed by atoms with Gasteiger partial charge in [-0.05, 0) is 47.2 Å². The molecule has 36 heavy (non-hydrogen) atoms. The van der Waals surface area contributed by atoms with Gasteiger partial charge in [-0.25, -0.2) is 0 Å². The lowest BCUT2D eigenvalue weighted by atomic mass is 9.85. The number of nitrogens with one attached hydrogen (secondary N) is 1. The van der Waals surface area contributed by atoms with E-state index >= 15 is 0 Å². The molecule has 2 heterocycles. The SMILES string of the molecule is Cc1ccc(N2C(=O)C(=O)/C(=C(\O)c3c[nH]c4ccccc34)C2c2ccc(C(C)(C)C)cc2)cc1Cl. The number of para-hydroxylation sites is 1. The summed E-state index contributed by atoms with van der Waals surface area (Å²) in [5, 5.41) is 12.8. The van der Waals surface area contributed by atoms with Crippen molar-refractivity contribution in [2.75, 3.05) is 4.90 Å². The van der Waals surface area contributed by atoms with Crippen LogP contribution in [0, 0.1) is 6.92 Å². The van der Waals surface area contributed by atoms with E-state index in [1.54, 1.807) is 18.3 Å². The monoisotopic (exact) mass is 498 g/mol. The number of fused-ring (bicyclic) bond motifs is 1. The van der Waals surface area contributed by atoms with Gasteiger partial charge in [-0.3, -0.25) is 14.5 Å². The summed E-state index contributed by atoms with van der Waals surface area (Å²) < 4.78 is 0. The fourth-order valence-corrected chi connectivity index (χ4v) is 4.90. The van der Waals surface area contributed by atoms with Crippen molar-refractivity contribution < 1.29 is 14.7 Å². The molecule has 2 N–H and O–H groups in total. The van der Waals surface area contributed by atoms with Crippen molar-refractivity contribution in [3.05, 3.63) is 106 Å². The second-order valence-electron chi connectivity index (χ2n) is 10.2. The number of H-pyrrole nitrogens is 1. The lowest BCUT2D eigenvalue weighted by Gasteiger charge is -2.27. The maximum Gasteiger partial charge on any atom is 0.300 e. The predicted molar refractivity (Wildman–Crippen MR) is 144 cm³/mol. The van der Waals surface area contributed by atoms with E-state index in [1.165, 1.54) is 4.90 Å². The molecule has 4 aromatic rings. The third-order valence-electron chi connectivity index (χ3n) is 6.81. The van der Waals surface area contributed by atoms with E-state index in [-0.39, 0.29) is 16.7 Å². The second kappa shape index (κ2) is 8.68. The van der Waals surface area contributed by atoms with Crippen LogP contribution in [0.25, 0.3) is 16.7 Å². The molecule has 1 fully saturated rings. The lowest BCUT2D eigenvalue weighted by Crippen LogP contribution is -2.29. The Morgan fingerprint density at radius 2 is 1.69 bits per heavy atom. The van der Waals surface area contributed by atoms with Crippen LogP contribution in [-0.4, -0.2) is 21.8 Å². The summed E-state index contributed by atoms with van der Waals surface area (Å²) in [5.41, 5.74) is 4.49. The molecular weight excluding hydrogens is 472 g/mol. The number of carbonyl (C=O) groups excluding carboxylic acids is 2. The average molecular weight is 499 g/mol. The van der Waals surface area contributed by atoms with Crippen LogP contribution in [0.3, 0.4) is 0 Å². The molecule has 1 atom stereocenters. The van der Waals surface area contributed by atoms with Crippen molar-refractivity contribution in [2.24, 2.45) is 0 Å². The van der Waals surface area contributed by atoms with Crippen LogP contribution in [0.15, 0.2) is 78.5 Å². The summed E-state index contributed by atoms with van der Waals surface area (Å²) in [5.74, 6) is -1.66. The highest BCUT2D eigenvalue weighted by Gasteiger charge is 2.47. The van der Waals surface area contributed by atoms with Crippen LogP contribution in [0.2, 0.25) is 5.02 Å². The Hall–Kier alpha value is -3.83. The zero-order chi connectivity index (χ0) is 25.8. The molecule has 1 amide bonds. The summed E-state index contributed by atoms with van der Waals surface area (Å²) in [6.07, 6.45) is 1.66. The number of carbonyl (C=O) groups is 2. The van der Waals surface area contributed by atoms with Gasteiger partial charge in [-0.1, -0.05) is 80.9 Å². The number of halogens is 1. The van der Waals surface area contributed by atoms with Crippen LogP contribution >= 0.6 is 11.6 Å². The highest BCUT2D eigenvalue weighted by atomic mass is 35.5. The molecule has 0 aliphatic carbocycles. The molecule has 0 radical (unpaired) electrons. The van der Waals surface area contributed by atoms with Crippen LogP contribution < -0.4 is 4.90 Å². The van der Waals surface area contributed by atoms with Crippen molar-refractivity contribution in [3.8, 4) is 0 Å². The summed E-state index contributed by atoms with van der Waals surface area (Å²) >= 11 is 6.40. The molecule has 0 spiro atoms. The Balaban J connectivity index is 1.74. The van der Waals surface area contributed by atoms with E-state index in [4.69, 9.17) is 11.6 Å². The van der Waals surface area contributed by atoms with Gasteiger partial charge in [-0.2, -0.15) is 0 Å². The number of Topliss-reactive ketones (excluding diaryl/α,β-unsaturated/α-hetero) is 1. The Morgan fingerprint density at radius 1 is 1.00 bits per heavy atom. The molecule has 0 bridgehead atoms. The molecular formula is C30H27ClN2O3. The number of ketones is 1. The highest BCUT2D eigenvalue weighted by molar-refractivity contribution is 6.52. The standard InChI is InChI=1S/C30H27ClN2O3/c1-17-9-14-20(15-23(17)31)33-26(18-10-12-19(13-11-18)30(2,3)4)25(28(35)29(33)36)27(34)22-16-32-24-8-6-5-7-21(22)24/h5-16,26,32,34H,1-4H3/b27-25-. The third kappa shape index (κ3) is 3.90. The number of aromatic nitrogens is 1. The highest BCUT2D eigenvalue weighted by Crippen LogP contribution is 2.44. The summed E-state index contributed by atoms with van der Waals surface area (Å²) in [7, 11) is 0. The van der Waals surface area contributed by atoms with Gasteiger partial charge in [0.05, 0.1) is 11.6 Å². The Labute approximate surface area is 215 Å². The maximum atomic E-state index is 13.5. The average Bonchev–Trinajstić information content (AvgIpc) is 3.39. The van der Waals surface area contributed by atoms with Crippen LogP contribution in [-0.2, 0) is 15.0 Å². The topological polar surface area (TPSA) is 73.4 Å². The molecule has 5 nitrogen and oxygen atoms in total. The number of aliphatic hydroxyl groups excluding tert-OH is 1. The number of aromatic amines is 1. The minimum Gasteiger partial charge on any atom is -0.507 e. The molecule has 1 unspecified atom stereocenters. The van der Waals surface area contributed by atoms with E-state index in [0.717, 1.165) is 27.6 Å². The summed E-state index contributed by atoms with van der Waals surface area (Å²) in [6, 6.07) is 19.8. The smallest absolute Gasteiger partial charge is 0.300 e. The van der Waals surface area contributed by atoms with Gasteiger partial charge in [0.15, 0.2) is 0 Å². The number of benzene rings is 3. The number of nitrogens with zero attached hydrogens (tertiary/aromatic N) is 1. The van der Waals surface area contributed by atoms with Crippen LogP contribution in [0.4, 0.5) is 5.69 Å². The number of amides is 1. The van der Waals surface area contributed by atoms with Gasteiger partial charge >= 0.3 is 0 Å². The van der Waals surface area contributed by atoms with E-state index in [2.05, 4.69) is 25.8 Å². The Morgan fingerprint density at radius 3 is 2.36 bits per heavy atom.